The monoisotopic (exact) mass is 231 g/mol. The van der Waals surface area contributed by atoms with Crippen LogP contribution < -0.4 is 11.1 Å². The molecule has 0 amide bonds. The van der Waals surface area contributed by atoms with Crippen molar-refractivity contribution >= 4 is 22.1 Å². The van der Waals surface area contributed by atoms with Crippen molar-refractivity contribution in [1.29, 1.82) is 0 Å². The number of rotatable bonds is 3. The van der Waals surface area contributed by atoms with Crippen LogP contribution in [-0.2, 0) is 0 Å². The number of hydrogen-bond donors (Lipinski definition) is 3. The first kappa shape index (κ1) is 11.7. The highest BCUT2D eigenvalue weighted by Gasteiger charge is 2.13. The van der Waals surface area contributed by atoms with E-state index in [1.807, 2.05) is 18.2 Å². The molecule has 0 aliphatic rings. The van der Waals surface area contributed by atoms with Gasteiger partial charge in [0.2, 0.25) is 0 Å². The average Bonchev–Trinajstić information content (AvgIpc) is 2.27. The lowest BCUT2D eigenvalue weighted by Crippen LogP contribution is -2.29. The van der Waals surface area contributed by atoms with Gasteiger partial charge in [-0.1, -0.05) is 6.07 Å². The summed E-state index contributed by atoms with van der Waals surface area (Å²) in [5.41, 5.74) is 6.84. The van der Waals surface area contributed by atoms with Gasteiger partial charge < -0.3 is 16.2 Å². The Morgan fingerprint density at radius 1 is 1.35 bits per heavy atom. The largest absolute Gasteiger partial charge is 0.397 e. The number of aromatic nitrogens is 1. The van der Waals surface area contributed by atoms with E-state index in [0.29, 0.717) is 12.2 Å². The molecule has 0 saturated carbocycles. The van der Waals surface area contributed by atoms with Gasteiger partial charge in [0.05, 0.1) is 17.0 Å². The molecule has 1 heterocycles. The van der Waals surface area contributed by atoms with E-state index in [2.05, 4.69) is 10.3 Å². The Hall–Kier alpha value is -1.81. The van der Waals surface area contributed by atoms with Gasteiger partial charge in [-0.15, -0.1) is 0 Å². The Labute approximate surface area is 100 Å². The molecule has 4 N–H and O–H groups in total. The van der Waals surface area contributed by atoms with E-state index in [1.54, 1.807) is 26.2 Å². The van der Waals surface area contributed by atoms with Gasteiger partial charge in [-0.25, -0.2) is 0 Å². The Bertz CT molecular complexity index is 532. The summed E-state index contributed by atoms with van der Waals surface area (Å²) in [5, 5.41) is 14.8. The van der Waals surface area contributed by atoms with Crippen molar-refractivity contribution in [3.05, 3.63) is 30.6 Å². The second-order valence-corrected chi connectivity index (χ2v) is 4.79. The Morgan fingerprint density at radius 3 is 2.82 bits per heavy atom. The third kappa shape index (κ3) is 2.65. The van der Waals surface area contributed by atoms with Gasteiger partial charge >= 0.3 is 0 Å². The van der Waals surface area contributed by atoms with Crippen LogP contribution >= 0.6 is 0 Å². The number of anilines is 2. The Morgan fingerprint density at radius 2 is 2.12 bits per heavy atom. The SMILES string of the molecule is CC(C)(O)CNc1ccc2cnccc2c1N. The lowest BCUT2D eigenvalue weighted by atomic mass is 10.1. The molecule has 1 aromatic heterocycles. The van der Waals surface area contributed by atoms with Crippen molar-refractivity contribution in [3.8, 4) is 0 Å². The molecule has 0 fully saturated rings. The summed E-state index contributed by atoms with van der Waals surface area (Å²) >= 11 is 0. The summed E-state index contributed by atoms with van der Waals surface area (Å²) in [7, 11) is 0. The quantitative estimate of drug-likeness (QED) is 0.706. The van der Waals surface area contributed by atoms with Crippen LogP contribution in [0.1, 0.15) is 13.8 Å². The molecule has 0 saturated heterocycles. The summed E-state index contributed by atoms with van der Waals surface area (Å²) in [5.74, 6) is 0. The number of nitrogens with two attached hydrogens (primary N) is 1. The zero-order valence-corrected chi connectivity index (χ0v) is 10.1. The van der Waals surface area contributed by atoms with Crippen molar-refractivity contribution in [1.82, 2.24) is 4.98 Å². The minimum Gasteiger partial charge on any atom is -0.397 e. The van der Waals surface area contributed by atoms with E-state index in [-0.39, 0.29) is 0 Å². The number of nitrogens with zero attached hydrogens (tertiary/aromatic N) is 1. The smallest absolute Gasteiger partial charge is 0.0763 e. The van der Waals surface area contributed by atoms with Gasteiger partial charge in [0.25, 0.3) is 0 Å². The van der Waals surface area contributed by atoms with Gasteiger partial charge in [-0.3, -0.25) is 4.98 Å². The third-order valence-electron chi connectivity index (χ3n) is 2.57. The van der Waals surface area contributed by atoms with Crippen LogP contribution in [0.5, 0.6) is 0 Å². The molecular formula is C13H17N3O. The van der Waals surface area contributed by atoms with Crippen LogP contribution in [0, 0.1) is 0 Å². The standard InChI is InChI=1S/C13H17N3O/c1-13(2,17)8-16-11-4-3-9-7-15-6-5-10(9)12(11)14/h3-7,16-17H,8,14H2,1-2H3. The summed E-state index contributed by atoms with van der Waals surface area (Å²) in [6, 6.07) is 5.76. The number of pyridine rings is 1. The molecule has 0 atom stereocenters. The van der Waals surface area contributed by atoms with Crippen LogP contribution in [-0.4, -0.2) is 22.2 Å². The molecule has 90 valence electrons. The molecule has 4 nitrogen and oxygen atoms in total. The molecule has 0 spiro atoms. The van der Waals surface area contributed by atoms with E-state index < -0.39 is 5.60 Å². The fraction of sp³-hybridized carbons (Fsp3) is 0.308. The van der Waals surface area contributed by atoms with Gasteiger partial charge in [0.1, 0.15) is 0 Å². The normalized spacial score (nSPS) is 11.7. The molecule has 2 rings (SSSR count). The number of aliphatic hydroxyl groups is 1. The average molecular weight is 231 g/mol. The first-order valence-corrected chi connectivity index (χ1v) is 5.56. The van der Waals surface area contributed by atoms with Crippen molar-refractivity contribution in [2.75, 3.05) is 17.6 Å². The predicted octanol–water partition coefficient (Wildman–Crippen LogP) is 2.00. The molecule has 0 bridgehead atoms. The maximum Gasteiger partial charge on any atom is 0.0763 e. The van der Waals surface area contributed by atoms with Crippen molar-refractivity contribution < 1.29 is 5.11 Å². The molecule has 2 aromatic rings. The molecule has 0 radical (unpaired) electrons. The molecule has 1 aromatic carbocycles. The van der Waals surface area contributed by atoms with E-state index in [1.165, 1.54) is 0 Å². The maximum atomic E-state index is 9.67. The zero-order valence-electron chi connectivity index (χ0n) is 10.1. The molecule has 4 heteroatoms. The van der Waals surface area contributed by atoms with Crippen LogP contribution in [0.15, 0.2) is 30.6 Å². The highest BCUT2D eigenvalue weighted by atomic mass is 16.3. The van der Waals surface area contributed by atoms with E-state index in [9.17, 15) is 5.11 Å². The first-order chi connectivity index (χ1) is 7.97. The summed E-state index contributed by atoms with van der Waals surface area (Å²) in [6.45, 7) is 3.95. The van der Waals surface area contributed by atoms with Crippen molar-refractivity contribution in [2.24, 2.45) is 0 Å². The van der Waals surface area contributed by atoms with Crippen LogP contribution in [0.25, 0.3) is 10.8 Å². The second kappa shape index (κ2) is 4.22. The minimum atomic E-state index is -0.764. The number of benzene rings is 1. The Balaban J connectivity index is 2.33. The van der Waals surface area contributed by atoms with Crippen LogP contribution in [0.4, 0.5) is 11.4 Å². The predicted molar refractivity (Wildman–Crippen MR) is 70.9 cm³/mol. The van der Waals surface area contributed by atoms with E-state index in [4.69, 9.17) is 5.73 Å². The fourth-order valence-electron chi connectivity index (χ4n) is 1.66. The maximum absolute atomic E-state index is 9.67. The molecule has 17 heavy (non-hydrogen) atoms. The Kier molecular flexibility index (Phi) is 2.90. The highest BCUT2D eigenvalue weighted by molar-refractivity contribution is 5.98. The number of nitrogen functional groups attached to an aromatic ring is 1. The number of hydrogen-bond acceptors (Lipinski definition) is 4. The van der Waals surface area contributed by atoms with Crippen LogP contribution in [0.3, 0.4) is 0 Å². The van der Waals surface area contributed by atoms with Crippen LogP contribution in [0.2, 0.25) is 0 Å². The molecular weight excluding hydrogens is 214 g/mol. The molecule has 0 aliphatic carbocycles. The van der Waals surface area contributed by atoms with Gasteiger partial charge in [0, 0.05) is 29.7 Å². The number of nitrogens with one attached hydrogen (secondary N) is 1. The fourth-order valence-corrected chi connectivity index (χ4v) is 1.66. The van der Waals surface area contributed by atoms with E-state index in [0.717, 1.165) is 16.5 Å². The summed E-state index contributed by atoms with van der Waals surface area (Å²) in [4.78, 5) is 4.05. The van der Waals surface area contributed by atoms with Crippen molar-refractivity contribution in [3.63, 3.8) is 0 Å². The second-order valence-electron chi connectivity index (χ2n) is 4.79. The minimum absolute atomic E-state index is 0.452. The molecule has 0 aliphatic heterocycles. The van der Waals surface area contributed by atoms with E-state index >= 15 is 0 Å². The van der Waals surface area contributed by atoms with Crippen molar-refractivity contribution in [2.45, 2.75) is 19.4 Å². The topological polar surface area (TPSA) is 71.2 Å². The third-order valence-corrected chi connectivity index (χ3v) is 2.57. The lowest BCUT2D eigenvalue weighted by Gasteiger charge is -2.19. The first-order valence-electron chi connectivity index (χ1n) is 5.56. The molecule has 0 unspecified atom stereocenters. The highest BCUT2D eigenvalue weighted by Crippen LogP contribution is 2.28. The van der Waals surface area contributed by atoms with Gasteiger partial charge in [0.15, 0.2) is 0 Å². The number of fused-ring (bicyclic) bond motifs is 1. The zero-order chi connectivity index (χ0) is 12.5. The summed E-state index contributed by atoms with van der Waals surface area (Å²) < 4.78 is 0. The summed E-state index contributed by atoms with van der Waals surface area (Å²) in [6.07, 6.45) is 3.50. The lowest BCUT2D eigenvalue weighted by molar-refractivity contribution is 0.0945. The van der Waals surface area contributed by atoms with Gasteiger partial charge in [-0.05, 0) is 26.0 Å². The van der Waals surface area contributed by atoms with Gasteiger partial charge in [-0.2, -0.15) is 0 Å².